The Kier molecular flexibility index (Phi) is 11.6. The molecule has 0 spiro atoms. The van der Waals surface area contributed by atoms with Crippen molar-refractivity contribution in [2.75, 3.05) is 20.8 Å². The Bertz CT molecular complexity index is 855. The van der Waals surface area contributed by atoms with Crippen molar-refractivity contribution in [2.24, 2.45) is 11.7 Å². The molecule has 0 aromatic heterocycles. The van der Waals surface area contributed by atoms with Crippen LogP contribution < -0.4 is 15.2 Å². The number of methoxy groups -OCH3 is 2. The molecule has 0 aliphatic carbocycles. The van der Waals surface area contributed by atoms with Gasteiger partial charge >= 0.3 is 24.4 Å². The summed E-state index contributed by atoms with van der Waals surface area (Å²) in [5.74, 6) is -2.26. The molecule has 0 fully saturated rings. The van der Waals surface area contributed by atoms with Gasteiger partial charge in [0.1, 0.15) is 12.1 Å². The molecule has 0 radical (unpaired) electrons. The van der Waals surface area contributed by atoms with Gasteiger partial charge in [-0.2, -0.15) is 0 Å². The first-order chi connectivity index (χ1) is 16.0. The number of carbonyl (C=O) groups excluding carboxylic acids is 3. The van der Waals surface area contributed by atoms with Crippen LogP contribution in [-0.4, -0.2) is 62.5 Å². The third-order valence-corrected chi connectivity index (χ3v) is 4.63. The Hall–Kier alpha value is -3.54. The van der Waals surface area contributed by atoms with Gasteiger partial charge in [-0.15, -0.1) is 0 Å². The molecule has 0 bridgehead atoms. The summed E-state index contributed by atoms with van der Waals surface area (Å²) in [5.41, 5.74) is 6.21. The highest BCUT2D eigenvalue weighted by atomic mass is 16.7. The Labute approximate surface area is 197 Å². The molecule has 34 heavy (non-hydrogen) atoms. The molecule has 1 aromatic rings. The zero-order chi connectivity index (χ0) is 25.8. The minimum Gasteiger partial charge on any atom is -0.480 e. The maximum absolute atomic E-state index is 11.9. The van der Waals surface area contributed by atoms with Gasteiger partial charge in [0.25, 0.3) is 0 Å². The van der Waals surface area contributed by atoms with Gasteiger partial charge in [0.15, 0.2) is 11.5 Å². The van der Waals surface area contributed by atoms with E-state index in [1.54, 1.807) is 6.92 Å². The molecule has 1 aromatic carbocycles. The average Bonchev–Trinajstić information content (AvgIpc) is 2.77. The molecular formula is C22H31NO11. The van der Waals surface area contributed by atoms with Crippen molar-refractivity contribution in [3.63, 3.8) is 0 Å². The Morgan fingerprint density at radius 3 is 2.06 bits per heavy atom. The monoisotopic (exact) mass is 485 g/mol. The fraction of sp³-hybridized carbons (Fsp3) is 0.545. The van der Waals surface area contributed by atoms with E-state index in [9.17, 15) is 24.3 Å². The predicted octanol–water partition coefficient (Wildman–Crippen LogP) is 3.45. The van der Waals surface area contributed by atoms with Crippen LogP contribution in [0.3, 0.4) is 0 Å². The number of hydrogen-bond acceptors (Lipinski definition) is 11. The molecule has 0 amide bonds. The first-order valence-electron chi connectivity index (χ1n) is 10.5. The number of benzene rings is 1. The zero-order valence-corrected chi connectivity index (χ0v) is 19.8. The molecular weight excluding hydrogens is 454 g/mol. The second-order valence-electron chi connectivity index (χ2n) is 7.73. The van der Waals surface area contributed by atoms with Gasteiger partial charge < -0.3 is 39.3 Å². The van der Waals surface area contributed by atoms with Crippen LogP contribution in [0.2, 0.25) is 0 Å². The smallest absolute Gasteiger partial charge is 0.480 e. The van der Waals surface area contributed by atoms with Crippen molar-refractivity contribution in [1.82, 2.24) is 0 Å². The average molecular weight is 485 g/mol. The lowest BCUT2D eigenvalue weighted by Gasteiger charge is -2.25. The summed E-state index contributed by atoms with van der Waals surface area (Å²) in [6, 6.07) is 2.58. The number of nitrogens with two attached hydrogens (primary N) is 1. The third-order valence-electron chi connectivity index (χ3n) is 4.63. The zero-order valence-electron chi connectivity index (χ0n) is 19.8. The lowest BCUT2D eigenvalue weighted by atomic mass is 9.87. The minimum atomic E-state index is -1.40. The van der Waals surface area contributed by atoms with Crippen LogP contribution in [0.25, 0.3) is 0 Å². The largest absolute Gasteiger partial charge is 0.513 e. The van der Waals surface area contributed by atoms with Crippen molar-refractivity contribution in [3.05, 3.63) is 23.8 Å². The van der Waals surface area contributed by atoms with E-state index in [2.05, 4.69) is 9.47 Å². The van der Waals surface area contributed by atoms with E-state index >= 15 is 0 Å². The van der Waals surface area contributed by atoms with Gasteiger partial charge in [-0.05, 0) is 43.4 Å². The van der Waals surface area contributed by atoms with Crippen molar-refractivity contribution in [2.45, 2.75) is 51.7 Å². The Morgan fingerprint density at radius 2 is 1.53 bits per heavy atom. The highest BCUT2D eigenvalue weighted by Crippen LogP contribution is 2.35. The molecule has 1 rings (SSSR count). The molecule has 0 aliphatic rings. The summed E-state index contributed by atoms with van der Waals surface area (Å²) in [6.07, 6.45) is -3.16. The van der Waals surface area contributed by atoms with E-state index in [1.165, 1.54) is 18.2 Å². The van der Waals surface area contributed by atoms with Crippen molar-refractivity contribution >= 4 is 24.4 Å². The molecule has 0 saturated heterocycles. The molecule has 12 nitrogen and oxygen atoms in total. The quantitative estimate of drug-likeness (QED) is 0.266. The van der Waals surface area contributed by atoms with Crippen LogP contribution in [-0.2, 0) is 23.7 Å². The van der Waals surface area contributed by atoms with Crippen molar-refractivity contribution in [1.29, 1.82) is 0 Å². The lowest BCUT2D eigenvalue weighted by Crippen LogP contribution is -2.38. The molecule has 3 N–H and O–H groups in total. The summed E-state index contributed by atoms with van der Waals surface area (Å²) >= 11 is 0. The number of hydrogen-bond donors (Lipinski definition) is 2. The van der Waals surface area contributed by atoms with E-state index in [4.69, 9.17) is 24.7 Å². The van der Waals surface area contributed by atoms with Crippen LogP contribution >= 0.6 is 0 Å². The maximum Gasteiger partial charge on any atom is 0.513 e. The van der Waals surface area contributed by atoms with Crippen LogP contribution in [0.5, 0.6) is 11.5 Å². The first kappa shape index (κ1) is 28.5. The van der Waals surface area contributed by atoms with Crippen LogP contribution in [0.4, 0.5) is 14.4 Å². The summed E-state index contributed by atoms with van der Waals surface area (Å²) in [7, 11) is 2.17. The van der Waals surface area contributed by atoms with Gasteiger partial charge in [-0.3, -0.25) is 4.79 Å². The van der Waals surface area contributed by atoms with E-state index in [-0.39, 0.29) is 24.5 Å². The van der Waals surface area contributed by atoms with Crippen LogP contribution in [0.1, 0.15) is 45.1 Å². The molecule has 190 valence electrons. The Morgan fingerprint density at radius 1 is 0.941 bits per heavy atom. The molecule has 0 saturated carbocycles. The molecule has 0 aliphatic heterocycles. The predicted molar refractivity (Wildman–Crippen MR) is 117 cm³/mol. The normalized spacial score (nSPS) is 13.3. The molecule has 2 unspecified atom stereocenters. The topological polar surface area (TPSA) is 170 Å². The van der Waals surface area contributed by atoms with Gasteiger partial charge in [0.05, 0.1) is 20.8 Å². The van der Waals surface area contributed by atoms with E-state index in [0.717, 1.165) is 14.2 Å². The second-order valence-corrected chi connectivity index (χ2v) is 7.73. The lowest BCUT2D eigenvalue weighted by molar-refractivity contribution is -0.139. The highest BCUT2D eigenvalue weighted by molar-refractivity contribution is 5.75. The molecule has 0 heterocycles. The van der Waals surface area contributed by atoms with Gasteiger partial charge in [-0.1, -0.05) is 19.9 Å². The van der Waals surface area contributed by atoms with Gasteiger partial charge in [-0.25, -0.2) is 14.4 Å². The summed E-state index contributed by atoms with van der Waals surface area (Å²) in [4.78, 5) is 46.7. The molecule has 3 atom stereocenters. The summed E-state index contributed by atoms with van der Waals surface area (Å²) in [6.45, 7) is 5.72. The number of carboxylic acid groups (broad SMARTS) is 1. The first-order valence-corrected chi connectivity index (χ1v) is 10.5. The van der Waals surface area contributed by atoms with Gasteiger partial charge in [0.2, 0.25) is 0 Å². The highest BCUT2D eigenvalue weighted by Gasteiger charge is 2.30. The van der Waals surface area contributed by atoms with Gasteiger partial charge in [0, 0.05) is 5.92 Å². The SMILES string of the molecule is COC(=O)Oc1ccc(C(CC(C)OC(=O)OCCC(C)C)[C@H](N)C(=O)O)cc1OC(=O)OC. The van der Waals surface area contributed by atoms with E-state index < -0.39 is 42.5 Å². The summed E-state index contributed by atoms with van der Waals surface area (Å²) in [5, 5.41) is 9.49. The van der Waals surface area contributed by atoms with Crippen LogP contribution in [0, 0.1) is 5.92 Å². The number of carbonyl (C=O) groups is 4. The van der Waals surface area contributed by atoms with E-state index in [1.807, 2.05) is 13.8 Å². The second kappa shape index (κ2) is 13.9. The fourth-order valence-corrected chi connectivity index (χ4v) is 2.83. The van der Waals surface area contributed by atoms with E-state index in [0.29, 0.717) is 17.9 Å². The number of rotatable bonds is 11. The number of carboxylic acids is 1. The minimum absolute atomic E-state index is 0.00160. The van der Waals surface area contributed by atoms with Crippen molar-refractivity contribution in [3.8, 4) is 11.5 Å². The third kappa shape index (κ3) is 9.53. The standard InChI is InChI=1S/C22H31NO11/c1-12(2)8-9-31-22(28)32-13(3)10-15(18(23)19(24)25)14-6-7-16(33-20(26)29-4)17(11-14)34-21(27)30-5/h6-7,11-13,15,18H,8-10,23H2,1-5H3,(H,24,25)/t13?,15?,18-/m0/s1. The Balaban J connectivity index is 3.14. The molecule has 12 heteroatoms. The van der Waals surface area contributed by atoms with Crippen LogP contribution in [0.15, 0.2) is 18.2 Å². The number of ether oxygens (including phenoxy) is 6. The van der Waals surface area contributed by atoms with Crippen molar-refractivity contribution < 1.29 is 52.7 Å². The number of aliphatic carboxylic acids is 1. The maximum atomic E-state index is 11.9. The summed E-state index contributed by atoms with van der Waals surface area (Å²) < 4.78 is 29.1. The fourth-order valence-electron chi connectivity index (χ4n) is 2.83.